The quantitative estimate of drug-likeness (QED) is 0.0211. The smallest absolute Gasteiger partial charge is 0.361 e. The number of ether oxygens (including phenoxy) is 4. The van der Waals surface area contributed by atoms with Crippen molar-refractivity contribution < 1.29 is 42.9 Å². The molecule has 0 radical (unpaired) electrons. The molecule has 440 valence electrons. The number of allylic oxidation sites excluding steroid dienone is 18. The fraction of sp³-hybridized carbons (Fsp3) is 0.691. The molecule has 0 saturated heterocycles. The lowest BCUT2D eigenvalue weighted by Gasteiger charge is -2.25. The summed E-state index contributed by atoms with van der Waals surface area (Å²) < 4.78 is 22.8. The Labute approximate surface area is 473 Å². The summed E-state index contributed by atoms with van der Waals surface area (Å²) in [6, 6.07) is 0. The number of nitrogens with zero attached hydrogens (tertiary/aromatic N) is 1. The summed E-state index contributed by atoms with van der Waals surface area (Å²) in [5, 5.41) is 9.70. The van der Waals surface area contributed by atoms with Crippen LogP contribution in [0.15, 0.2) is 109 Å². The zero-order valence-corrected chi connectivity index (χ0v) is 50.1. The van der Waals surface area contributed by atoms with Crippen LogP contribution in [0.1, 0.15) is 245 Å². The highest BCUT2D eigenvalue weighted by atomic mass is 16.7. The highest BCUT2D eigenvalue weighted by Gasteiger charge is 2.25. The maximum absolute atomic E-state index is 12.8. The summed E-state index contributed by atoms with van der Waals surface area (Å²) in [6.45, 7) is 4.59. The van der Waals surface area contributed by atoms with Gasteiger partial charge < -0.3 is 28.5 Å². The second-order valence-electron chi connectivity index (χ2n) is 21.6. The molecule has 0 aromatic carbocycles. The van der Waals surface area contributed by atoms with Gasteiger partial charge in [-0.2, -0.15) is 0 Å². The van der Waals surface area contributed by atoms with Gasteiger partial charge in [0.25, 0.3) is 6.29 Å². The van der Waals surface area contributed by atoms with Crippen LogP contribution in [0.3, 0.4) is 0 Å². The first-order valence-electron chi connectivity index (χ1n) is 31.1. The first-order valence-corrected chi connectivity index (χ1v) is 31.1. The Bertz CT molecular complexity index is 1630. The predicted molar refractivity (Wildman–Crippen MR) is 327 cm³/mol. The minimum Gasteiger partial charge on any atom is -0.477 e. The van der Waals surface area contributed by atoms with E-state index in [2.05, 4.69) is 123 Å². The average Bonchev–Trinajstić information content (AvgIpc) is 3.40. The third-order valence-corrected chi connectivity index (χ3v) is 13.0. The van der Waals surface area contributed by atoms with Crippen LogP contribution >= 0.6 is 0 Å². The Morgan fingerprint density at radius 2 is 0.714 bits per heavy atom. The zero-order chi connectivity index (χ0) is 56.2. The Morgan fingerprint density at radius 3 is 1.08 bits per heavy atom. The second-order valence-corrected chi connectivity index (χ2v) is 21.6. The monoisotopic (exact) mass is 1070 g/mol. The average molecular weight is 1080 g/mol. The molecular weight excluding hydrogens is 959 g/mol. The number of unbranched alkanes of at least 4 members (excludes halogenated alkanes) is 23. The van der Waals surface area contributed by atoms with Gasteiger partial charge in [0.2, 0.25) is 0 Å². The molecule has 2 unspecified atom stereocenters. The molecule has 9 heteroatoms. The molecule has 0 saturated carbocycles. The first-order chi connectivity index (χ1) is 37.6. The number of aliphatic carboxylic acids is 1. The fourth-order valence-corrected chi connectivity index (χ4v) is 8.34. The molecule has 0 fully saturated rings. The number of rotatable bonds is 56. The van der Waals surface area contributed by atoms with E-state index in [4.69, 9.17) is 18.9 Å². The van der Waals surface area contributed by atoms with Crippen LogP contribution in [-0.2, 0) is 33.3 Å². The summed E-state index contributed by atoms with van der Waals surface area (Å²) in [6.07, 6.45) is 77.8. The molecule has 0 aromatic rings. The van der Waals surface area contributed by atoms with Crippen molar-refractivity contribution >= 4 is 17.9 Å². The zero-order valence-electron chi connectivity index (χ0n) is 50.1. The molecular formula is C68H116NO8+. The van der Waals surface area contributed by atoms with Crippen LogP contribution in [0.4, 0.5) is 0 Å². The van der Waals surface area contributed by atoms with E-state index < -0.39 is 24.3 Å². The summed E-state index contributed by atoms with van der Waals surface area (Å²) >= 11 is 0. The maximum atomic E-state index is 12.8. The molecule has 0 rings (SSSR count). The van der Waals surface area contributed by atoms with Crippen LogP contribution in [0, 0.1) is 0 Å². The molecule has 0 aliphatic rings. The maximum Gasteiger partial charge on any atom is 0.361 e. The Morgan fingerprint density at radius 1 is 0.390 bits per heavy atom. The summed E-state index contributed by atoms with van der Waals surface area (Å²) in [5.41, 5.74) is 0. The van der Waals surface area contributed by atoms with Gasteiger partial charge in [-0.1, -0.05) is 252 Å². The number of carbonyl (C=O) groups is 3. The largest absolute Gasteiger partial charge is 0.477 e. The summed E-state index contributed by atoms with van der Waals surface area (Å²) in [5.74, 6) is -2.09. The standard InChI is InChI=1S/C68H115NO8/c1-6-8-10-12-14-16-18-20-22-24-25-26-27-28-29-30-31-32-33-34-35-36-37-38-39-40-41-43-44-46-48-50-52-54-56-58-65(70)75-62-64(63-76-68(67(72)73)74-61-60-69(3,4)5)77-66(71)59-57-55-53-51-49-47-45-42-23-21-19-17-15-13-11-9-7-2/h8-11,14-17,20-23,25-26,45,47,51,53,64,68H,6-7,12-13,18-19,24,27-44,46,48-50,52,54-63H2,1-5H3/p+1/b10-8-,11-9-,16-14-,17-15-,22-20-,23-21-,26-25-,47-45-,53-51-. The number of likely N-dealkylation sites (N-methyl/N-ethyl adjacent to an activating group) is 1. The van der Waals surface area contributed by atoms with Gasteiger partial charge in [-0.05, 0) is 89.9 Å². The normalized spacial score (nSPS) is 13.5. The number of hydrogen-bond acceptors (Lipinski definition) is 7. The molecule has 0 bridgehead atoms. The van der Waals surface area contributed by atoms with Gasteiger partial charge in [-0.15, -0.1) is 0 Å². The first kappa shape index (κ1) is 73.0. The fourth-order valence-electron chi connectivity index (χ4n) is 8.34. The molecule has 9 nitrogen and oxygen atoms in total. The van der Waals surface area contributed by atoms with Crippen LogP contribution in [0.25, 0.3) is 0 Å². The van der Waals surface area contributed by atoms with Crippen molar-refractivity contribution in [2.24, 2.45) is 0 Å². The van der Waals surface area contributed by atoms with Crippen LogP contribution < -0.4 is 0 Å². The van der Waals surface area contributed by atoms with Crippen LogP contribution in [-0.4, -0.2) is 87.4 Å². The topological polar surface area (TPSA) is 108 Å². The van der Waals surface area contributed by atoms with Crippen molar-refractivity contribution in [2.75, 3.05) is 47.5 Å². The summed E-state index contributed by atoms with van der Waals surface area (Å²) in [7, 11) is 5.95. The number of carbonyl (C=O) groups excluding carboxylic acids is 2. The van der Waals surface area contributed by atoms with Gasteiger partial charge >= 0.3 is 17.9 Å². The van der Waals surface area contributed by atoms with Gasteiger partial charge in [0.1, 0.15) is 13.2 Å². The van der Waals surface area contributed by atoms with Crippen molar-refractivity contribution in [3.05, 3.63) is 109 Å². The van der Waals surface area contributed by atoms with E-state index in [1.807, 2.05) is 21.1 Å². The van der Waals surface area contributed by atoms with E-state index in [1.165, 1.54) is 128 Å². The summed E-state index contributed by atoms with van der Waals surface area (Å²) in [4.78, 5) is 37.4. The van der Waals surface area contributed by atoms with Crippen LogP contribution in [0.2, 0.25) is 0 Å². The molecule has 0 heterocycles. The number of hydrogen-bond donors (Lipinski definition) is 1. The van der Waals surface area contributed by atoms with E-state index in [9.17, 15) is 19.5 Å². The Balaban J connectivity index is 4.10. The van der Waals surface area contributed by atoms with E-state index in [0.29, 0.717) is 17.4 Å². The second kappa shape index (κ2) is 58.1. The van der Waals surface area contributed by atoms with Crippen molar-refractivity contribution in [3.63, 3.8) is 0 Å². The molecule has 2 atom stereocenters. The lowest BCUT2D eigenvalue weighted by Crippen LogP contribution is -2.40. The number of carboxylic acids is 1. The lowest BCUT2D eigenvalue weighted by molar-refractivity contribution is -0.870. The third-order valence-electron chi connectivity index (χ3n) is 13.0. The van der Waals surface area contributed by atoms with E-state index >= 15 is 0 Å². The Kier molecular flexibility index (Phi) is 55.1. The van der Waals surface area contributed by atoms with E-state index in [0.717, 1.165) is 83.5 Å². The lowest BCUT2D eigenvalue weighted by atomic mass is 10.0. The number of esters is 2. The highest BCUT2D eigenvalue weighted by molar-refractivity contribution is 5.71. The van der Waals surface area contributed by atoms with Crippen molar-refractivity contribution in [1.29, 1.82) is 0 Å². The van der Waals surface area contributed by atoms with Gasteiger partial charge in [0, 0.05) is 12.8 Å². The minimum absolute atomic E-state index is 0.173. The van der Waals surface area contributed by atoms with Gasteiger partial charge in [-0.3, -0.25) is 9.59 Å². The van der Waals surface area contributed by atoms with Crippen molar-refractivity contribution in [1.82, 2.24) is 0 Å². The predicted octanol–water partition coefficient (Wildman–Crippen LogP) is 18.7. The van der Waals surface area contributed by atoms with Crippen LogP contribution in [0.5, 0.6) is 0 Å². The molecule has 0 spiro atoms. The van der Waals surface area contributed by atoms with Gasteiger partial charge in [-0.25, -0.2) is 4.79 Å². The third kappa shape index (κ3) is 59.5. The highest BCUT2D eigenvalue weighted by Crippen LogP contribution is 2.17. The molecule has 77 heavy (non-hydrogen) atoms. The van der Waals surface area contributed by atoms with E-state index in [1.54, 1.807) is 0 Å². The molecule has 1 N–H and O–H groups in total. The van der Waals surface area contributed by atoms with E-state index in [-0.39, 0.29) is 38.6 Å². The van der Waals surface area contributed by atoms with Gasteiger partial charge in [0.15, 0.2) is 6.10 Å². The SMILES string of the molecule is CC/C=C\C/C=C\C/C=C\C/C=C\C/C=C\CCCC(=O)OC(COC(=O)CCCCCCCCCCCCCCCCCCCCCCCC/C=C\C/C=C\C/C=C\C/C=C\CC)COC(OCC[N+](C)(C)C)C(=O)O. The molecule has 0 amide bonds. The number of quaternary nitrogens is 1. The minimum atomic E-state index is -1.53. The molecule has 0 aliphatic carbocycles. The Hall–Kier alpha value is -4.05. The van der Waals surface area contributed by atoms with Crippen molar-refractivity contribution in [2.45, 2.75) is 257 Å². The molecule has 0 aromatic heterocycles. The van der Waals surface area contributed by atoms with Crippen molar-refractivity contribution in [3.8, 4) is 0 Å². The molecule has 0 aliphatic heterocycles. The number of carboxylic acid groups (broad SMARTS) is 1. The van der Waals surface area contributed by atoms with Gasteiger partial charge in [0.05, 0.1) is 34.4 Å².